The maximum atomic E-state index is 15.0. The first-order chi connectivity index (χ1) is 49.4. The van der Waals surface area contributed by atoms with Gasteiger partial charge in [0.25, 0.3) is 18.2 Å². The highest BCUT2D eigenvalue weighted by Crippen LogP contribution is 2.34. The summed E-state index contributed by atoms with van der Waals surface area (Å²) in [6.07, 6.45) is -9.24. The quantitative estimate of drug-likeness (QED) is 0.0151. The van der Waals surface area contributed by atoms with E-state index in [0.717, 1.165) is 77.5 Å². The molecule has 1 unspecified atom stereocenters. The van der Waals surface area contributed by atoms with Gasteiger partial charge in [0, 0.05) is 93.1 Å². The molecule has 10 rings (SSSR count). The molecule has 0 radical (unpaired) electrons. The number of methoxy groups -OCH3 is 1. The van der Waals surface area contributed by atoms with Crippen LogP contribution in [0.15, 0.2) is 97.2 Å². The molecule has 4 fully saturated rings. The molecule has 2 aromatic heterocycles. The molecule has 0 saturated carbocycles. The topological polar surface area (TPSA) is 480 Å². The zero-order chi connectivity index (χ0) is 73.8. The maximum absolute atomic E-state index is 15.0. The van der Waals surface area contributed by atoms with Crippen LogP contribution in [0.5, 0.6) is 23.0 Å². The number of piperidine rings is 1. The number of anilines is 1. The van der Waals surface area contributed by atoms with Gasteiger partial charge in [0.05, 0.1) is 74.9 Å². The first-order valence-corrected chi connectivity index (χ1v) is 34.8. The fraction of sp³-hybridized carbons (Fsp3) is 0.478. The molecular weight excluding hydrogens is 1390 g/mol. The van der Waals surface area contributed by atoms with E-state index in [1.807, 2.05) is 36.4 Å². The minimum Gasteiger partial charge on any atom is -0.504 e. The highest BCUT2D eigenvalue weighted by molar-refractivity contribution is 7.90. The van der Waals surface area contributed by atoms with E-state index in [9.17, 15) is 74.7 Å². The van der Waals surface area contributed by atoms with Gasteiger partial charge in [0.1, 0.15) is 58.9 Å². The lowest BCUT2D eigenvalue weighted by Crippen LogP contribution is -2.64. The largest absolute Gasteiger partial charge is 0.504 e. The number of carbonyl (C=O) groups is 7. The number of fused-ring (bicyclic) bond motifs is 3. The number of ether oxygens (including phenoxy) is 2. The van der Waals surface area contributed by atoms with Crippen LogP contribution in [-0.4, -0.2) is 262 Å². The first-order valence-electron chi connectivity index (χ1n) is 33.3. The van der Waals surface area contributed by atoms with Crippen LogP contribution in [0.25, 0.3) is 26.8 Å². The molecule has 13 atom stereocenters. The predicted molar refractivity (Wildman–Crippen MR) is 367 cm³/mol. The fourth-order valence-electron chi connectivity index (χ4n) is 12.8. The summed E-state index contributed by atoms with van der Waals surface area (Å²) >= 11 is 1.42. The molecule has 4 saturated heterocycles. The minimum atomic E-state index is -2.17. The van der Waals surface area contributed by atoms with Crippen LogP contribution in [0.1, 0.15) is 61.9 Å². The van der Waals surface area contributed by atoms with Crippen LogP contribution < -0.4 is 50.5 Å². The fourth-order valence-corrected chi connectivity index (χ4v) is 13.9. The number of imidazole rings is 1. The van der Waals surface area contributed by atoms with E-state index in [1.54, 1.807) is 30.0 Å². The van der Waals surface area contributed by atoms with Crippen LogP contribution in [0.2, 0.25) is 0 Å². The second-order valence-corrected chi connectivity index (χ2v) is 27.2. The Labute approximate surface area is 598 Å². The van der Waals surface area contributed by atoms with Crippen molar-refractivity contribution < 1.29 is 108 Å². The highest BCUT2D eigenvalue weighted by Gasteiger charge is 2.50. The summed E-state index contributed by atoms with van der Waals surface area (Å²) in [5.41, 5.74) is 3.19. The molecule has 6 heterocycles. The summed E-state index contributed by atoms with van der Waals surface area (Å²) in [5, 5.41) is 132. The van der Waals surface area contributed by atoms with Crippen molar-refractivity contribution in [3.63, 3.8) is 0 Å². The number of aliphatic hydroxyl groups excluding tert-OH is 8. The van der Waals surface area contributed by atoms with Crippen molar-refractivity contribution in [1.82, 2.24) is 56.3 Å². The number of nitrogens with one attached hydrogen (secondary N) is 6. The number of aromatic nitrogens is 3. The number of amides is 7. The van der Waals surface area contributed by atoms with E-state index in [2.05, 4.69) is 58.3 Å². The van der Waals surface area contributed by atoms with E-state index in [0.29, 0.717) is 21.2 Å². The van der Waals surface area contributed by atoms with Crippen LogP contribution in [-0.2, 0) is 44.6 Å². The number of nitrogens with zero attached hydrogens (tertiary/aromatic N) is 6. The molecule has 7 amide bonds. The molecular formula is C67H84N12O22S2. The summed E-state index contributed by atoms with van der Waals surface area (Å²) in [6.45, 7) is 1.35. The Balaban J connectivity index is 0.876. The van der Waals surface area contributed by atoms with Gasteiger partial charge >= 0.3 is 0 Å². The molecule has 4 aromatic carbocycles. The SMILES string of the molecule is COc1ccc(N2CCC(Oc3ccc(-c4nn5cc(-c6ccc(C(=O)NC7C[C@@H](O)CNC(=O)[C@@H]8[C@@H](O)[C@@H](C)CN8C(=O)[C@H]([C@H](O)CCNC(CO)CO)NC(=O)[C@H]([C@H](O)Cc8ccc(O)c(OSOOO)c8)NC(=O)[C@@H]8C[C@@H](O)CN8C(=O)[C@H]([C@@H](C)O)NC7=O)cc6)nc5s4)cc3)CC2)cc1. The number of aliphatic hydroxyl groups is 8. The van der Waals surface area contributed by atoms with Gasteiger partial charge in [0.15, 0.2) is 11.5 Å². The lowest BCUT2D eigenvalue weighted by molar-refractivity contribution is -0.433. The predicted octanol–water partition coefficient (Wildman–Crippen LogP) is -1.47. The molecule has 556 valence electrons. The average Bonchev–Trinajstić information content (AvgIpc) is 1.71. The normalized spacial score (nSPS) is 24.5. The van der Waals surface area contributed by atoms with Crippen LogP contribution >= 0.6 is 23.7 Å². The van der Waals surface area contributed by atoms with E-state index >= 15 is 4.79 Å². The van der Waals surface area contributed by atoms with Crippen molar-refractivity contribution in [1.29, 1.82) is 0 Å². The Kier molecular flexibility index (Phi) is 26.1. The lowest BCUT2D eigenvalue weighted by Gasteiger charge is -2.34. The average molecular weight is 1470 g/mol. The monoisotopic (exact) mass is 1470 g/mol. The summed E-state index contributed by atoms with van der Waals surface area (Å²) in [6, 6.07) is 13.0. The van der Waals surface area contributed by atoms with Crippen LogP contribution in [0.3, 0.4) is 0 Å². The smallest absolute Gasteiger partial charge is 0.261 e. The van der Waals surface area contributed by atoms with E-state index in [1.165, 1.54) is 36.5 Å². The summed E-state index contributed by atoms with van der Waals surface area (Å²) in [5.74, 6) is -8.12. The van der Waals surface area contributed by atoms with Crippen molar-refractivity contribution in [3.05, 3.63) is 108 Å². The first kappa shape index (κ1) is 76.8. The highest BCUT2D eigenvalue weighted by atomic mass is 32.2. The Hall–Kier alpha value is -8.86. The zero-order valence-electron chi connectivity index (χ0n) is 56.2. The maximum Gasteiger partial charge on any atom is 0.261 e. The van der Waals surface area contributed by atoms with E-state index < -0.39 is 184 Å². The second-order valence-electron chi connectivity index (χ2n) is 25.8. The number of carbonyl (C=O) groups excluding carboxylic acids is 7. The van der Waals surface area contributed by atoms with Crippen LogP contribution in [0, 0.1) is 5.92 Å². The van der Waals surface area contributed by atoms with Crippen molar-refractivity contribution in [2.24, 2.45) is 5.92 Å². The van der Waals surface area contributed by atoms with Crippen molar-refractivity contribution in [2.45, 2.75) is 137 Å². The number of aromatic hydroxyl groups is 1. The Morgan fingerprint density at radius 3 is 2.11 bits per heavy atom. The molecule has 4 aliphatic heterocycles. The number of hydrogen-bond donors (Lipinski definition) is 16. The van der Waals surface area contributed by atoms with Gasteiger partial charge in [-0.1, -0.05) is 45.8 Å². The van der Waals surface area contributed by atoms with E-state index in [-0.39, 0.29) is 48.4 Å². The lowest BCUT2D eigenvalue weighted by atomic mass is 9.98. The van der Waals surface area contributed by atoms with Crippen LogP contribution in [0.4, 0.5) is 5.69 Å². The molecule has 4 aliphatic rings. The van der Waals surface area contributed by atoms with Crippen molar-refractivity contribution >= 4 is 75.7 Å². The number of β-amino-alcohol motifs (C(OH)–C–C–N with tert-alkyl or cyclic N) is 1. The number of rotatable bonds is 23. The number of phenols is 1. The summed E-state index contributed by atoms with van der Waals surface area (Å²) in [4.78, 5) is 112. The third-order valence-corrected chi connectivity index (χ3v) is 19.8. The van der Waals surface area contributed by atoms with Gasteiger partial charge in [-0.05, 0) is 98.2 Å². The Bertz CT molecular complexity index is 3870. The van der Waals surface area contributed by atoms with Crippen molar-refractivity contribution in [2.75, 3.05) is 64.5 Å². The third-order valence-electron chi connectivity index (χ3n) is 18.5. The number of phenolic OH excluding ortho intramolecular Hbond substituents is 1. The summed E-state index contributed by atoms with van der Waals surface area (Å²) in [7, 11) is 1.64. The van der Waals surface area contributed by atoms with E-state index in [4.69, 9.17) is 29.0 Å². The van der Waals surface area contributed by atoms with Gasteiger partial charge in [-0.3, -0.25) is 33.6 Å². The van der Waals surface area contributed by atoms with Gasteiger partial charge < -0.3 is 106 Å². The number of benzene rings is 4. The molecule has 0 spiro atoms. The Morgan fingerprint density at radius 1 is 0.767 bits per heavy atom. The minimum absolute atomic E-state index is 0.00291. The number of hydrogen-bond acceptors (Lipinski definition) is 28. The molecule has 0 bridgehead atoms. The van der Waals surface area contributed by atoms with Gasteiger partial charge in [0.2, 0.25) is 40.4 Å². The molecule has 103 heavy (non-hydrogen) atoms. The zero-order valence-corrected chi connectivity index (χ0v) is 57.8. The third kappa shape index (κ3) is 18.9. The molecule has 6 aromatic rings. The summed E-state index contributed by atoms with van der Waals surface area (Å²) < 4.78 is 22.7. The molecule has 36 heteroatoms. The standard InChI is InChI=1S/C67H84N12O22S2/c1-34-29-78-57(58(34)88)63(93)69-28-42(83)26-47(70-59(89)38-7-5-37(6-8-38)48-31-79-67(71-48)102-64(75-79)39-9-13-45(14-10-39)98-46-19-22-76(23-20-46)41-11-15-44(97-3)16-12-41)60(90)72-54(35(2)82)65(94)77-30-43(84)27-49(77)61(91)73-55(52(87)24-36-4-17-50(85)53(25-36)99-103-101-100-96)62(92)74-56(66(78)95)51(86)18-21-68-40(32-80)33-81/h4-17,25,31,34-35,40,42-43,46-47,49,51-52,54-58,68,80-88,96H,18-24,26-30,32-33H2,1-3H3,(H,69,93)(H,70,89)(H,72,90)(H,73,91)(H,74,92)/t34-,35+,42+,43+,47?,49-,51+,52+,54-,55-,56-,57-,58-/m0/s1. The van der Waals surface area contributed by atoms with Crippen molar-refractivity contribution in [3.8, 4) is 44.8 Å². The van der Waals surface area contributed by atoms with Gasteiger partial charge in [-0.15, -0.1) is 0 Å². The Morgan fingerprint density at radius 2 is 1.44 bits per heavy atom. The molecule has 16 N–H and O–H groups in total. The van der Waals surface area contributed by atoms with Gasteiger partial charge in [-0.2, -0.15) is 5.10 Å². The second kappa shape index (κ2) is 35.1. The molecule has 0 aliphatic carbocycles. The molecule has 34 nitrogen and oxygen atoms in total. The van der Waals surface area contributed by atoms with Gasteiger partial charge in [-0.25, -0.2) is 14.8 Å².